The van der Waals surface area contributed by atoms with Crippen molar-refractivity contribution in [2.75, 3.05) is 5.32 Å². The quantitative estimate of drug-likeness (QED) is 0.912. The molecule has 0 aliphatic rings. The second-order valence-electron chi connectivity index (χ2n) is 4.47. The number of halogens is 1. The van der Waals surface area contributed by atoms with E-state index in [-0.39, 0.29) is 5.56 Å². The summed E-state index contributed by atoms with van der Waals surface area (Å²) in [6, 6.07) is 8.29. The molecule has 0 bridgehead atoms. The zero-order valence-electron chi connectivity index (χ0n) is 11.7. The van der Waals surface area contributed by atoms with Crippen LogP contribution in [0.3, 0.4) is 0 Å². The van der Waals surface area contributed by atoms with E-state index < -0.39 is 0 Å². The van der Waals surface area contributed by atoms with Crippen LogP contribution in [0, 0.1) is 0 Å². The molecule has 0 aliphatic heterocycles. The molecule has 5 heteroatoms. The molecule has 0 fully saturated rings. The molecule has 1 aromatic heterocycles. The predicted molar refractivity (Wildman–Crippen MR) is 85.0 cm³/mol. The minimum atomic E-state index is -0.110. The highest BCUT2D eigenvalue weighted by molar-refractivity contribution is 9.10. The number of rotatable bonds is 5. The van der Waals surface area contributed by atoms with Gasteiger partial charge >= 0.3 is 0 Å². The smallest absolute Gasteiger partial charge is 0.283 e. The molecule has 0 amide bonds. The summed E-state index contributed by atoms with van der Waals surface area (Å²) >= 11 is 3.35. The van der Waals surface area contributed by atoms with Gasteiger partial charge in [0, 0.05) is 13.1 Å². The Labute approximate surface area is 127 Å². The molecule has 2 aromatic rings. The van der Waals surface area contributed by atoms with Gasteiger partial charge in [-0.15, -0.1) is 0 Å². The normalized spacial score (nSPS) is 10.6. The average molecular weight is 336 g/mol. The lowest BCUT2D eigenvalue weighted by atomic mass is 10.1. The van der Waals surface area contributed by atoms with Gasteiger partial charge in [-0.2, -0.15) is 5.10 Å². The Morgan fingerprint density at radius 3 is 2.60 bits per heavy atom. The van der Waals surface area contributed by atoms with Gasteiger partial charge in [-0.1, -0.05) is 31.2 Å². The lowest BCUT2D eigenvalue weighted by Crippen LogP contribution is -2.23. The number of aryl methyl sites for hydroxylation is 2. The van der Waals surface area contributed by atoms with E-state index in [2.05, 4.69) is 45.4 Å². The molecular formula is C15H18BrN3O. The summed E-state index contributed by atoms with van der Waals surface area (Å²) in [7, 11) is 0. The molecule has 4 nitrogen and oxygen atoms in total. The van der Waals surface area contributed by atoms with Gasteiger partial charge in [0.2, 0.25) is 0 Å². The Kier molecular flexibility index (Phi) is 4.95. The number of nitrogens with zero attached hydrogens (tertiary/aromatic N) is 2. The van der Waals surface area contributed by atoms with E-state index in [0.29, 0.717) is 17.6 Å². The van der Waals surface area contributed by atoms with Gasteiger partial charge in [0.1, 0.15) is 4.47 Å². The van der Waals surface area contributed by atoms with Crippen molar-refractivity contribution in [2.24, 2.45) is 0 Å². The monoisotopic (exact) mass is 335 g/mol. The van der Waals surface area contributed by atoms with Crippen LogP contribution in [0.4, 0.5) is 5.69 Å². The van der Waals surface area contributed by atoms with Crippen molar-refractivity contribution in [2.45, 2.75) is 33.4 Å². The van der Waals surface area contributed by atoms with Gasteiger partial charge < -0.3 is 5.32 Å². The summed E-state index contributed by atoms with van der Waals surface area (Å²) in [5.74, 6) is 0. The van der Waals surface area contributed by atoms with Crippen molar-refractivity contribution in [1.82, 2.24) is 9.78 Å². The van der Waals surface area contributed by atoms with Crippen molar-refractivity contribution >= 4 is 21.6 Å². The summed E-state index contributed by atoms with van der Waals surface area (Å²) in [5.41, 5.74) is 3.17. The fourth-order valence-corrected chi connectivity index (χ4v) is 2.53. The molecule has 2 rings (SSSR count). The van der Waals surface area contributed by atoms with Crippen molar-refractivity contribution < 1.29 is 0 Å². The van der Waals surface area contributed by atoms with E-state index in [4.69, 9.17) is 0 Å². The molecule has 106 valence electrons. The predicted octanol–water partition coefficient (Wildman–Crippen LogP) is 3.20. The van der Waals surface area contributed by atoms with Crippen LogP contribution in [0.1, 0.15) is 25.0 Å². The molecule has 0 radical (unpaired) electrons. The van der Waals surface area contributed by atoms with Crippen LogP contribution in [-0.4, -0.2) is 9.78 Å². The minimum Gasteiger partial charge on any atom is -0.379 e. The zero-order chi connectivity index (χ0) is 14.5. The van der Waals surface area contributed by atoms with Crippen LogP contribution in [0.15, 0.2) is 39.7 Å². The second-order valence-corrected chi connectivity index (χ2v) is 5.26. The summed E-state index contributed by atoms with van der Waals surface area (Å²) < 4.78 is 1.96. The first kappa shape index (κ1) is 14.8. The van der Waals surface area contributed by atoms with Crippen molar-refractivity contribution in [3.63, 3.8) is 0 Å². The fraction of sp³-hybridized carbons (Fsp3) is 0.333. The number of anilines is 1. The molecule has 1 aromatic carbocycles. The molecule has 0 saturated heterocycles. The third-order valence-corrected chi connectivity index (χ3v) is 4.02. The molecule has 0 atom stereocenters. The molecule has 0 aliphatic carbocycles. The lowest BCUT2D eigenvalue weighted by molar-refractivity contribution is 0.613. The molecule has 0 saturated carbocycles. The minimum absolute atomic E-state index is 0.110. The first-order chi connectivity index (χ1) is 9.67. The van der Waals surface area contributed by atoms with Gasteiger partial charge in [0.15, 0.2) is 0 Å². The van der Waals surface area contributed by atoms with E-state index in [1.165, 1.54) is 15.8 Å². The second kappa shape index (κ2) is 6.70. The number of benzene rings is 1. The summed E-state index contributed by atoms with van der Waals surface area (Å²) in [6.07, 6.45) is 2.68. The molecular weight excluding hydrogens is 318 g/mol. The molecule has 1 heterocycles. The first-order valence-electron chi connectivity index (χ1n) is 6.73. The number of nitrogens with one attached hydrogen (secondary N) is 1. The molecule has 1 N–H and O–H groups in total. The van der Waals surface area contributed by atoms with Gasteiger partial charge in [-0.3, -0.25) is 4.79 Å². The van der Waals surface area contributed by atoms with Gasteiger partial charge in [-0.05, 0) is 40.4 Å². The van der Waals surface area contributed by atoms with Crippen LogP contribution >= 0.6 is 15.9 Å². The molecule has 0 spiro atoms. The van der Waals surface area contributed by atoms with E-state index in [1.54, 1.807) is 6.20 Å². The largest absolute Gasteiger partial charge is 0.379 e. The van der Waals surface area contributed by atoms with Gasteiger partial charge in [-0.25, -0.2) is 4.68 Å². The topological polar surface area (TPSA) is 46.9 Å². The summed E-state index contributed by atoms with van der Waals surface area (Å²) in [4.78, 5) is 12.0. The third kappa shape index (κ3) is 3.10. The van der Waals surface area contributed by atoms with Crippen LogP contribution < -0.4 is 10.9 Å². The highest BCUT2D eigenvalue weighted by Gasteiger charge is 2.08. The number of hydrogen-bond donors (Lipinski definition) is 1. The highest BCUT2D eigenvalue weighted by Crippen LogP contribution is 2.18. The summed E-state index contributed by atoms with van der Waals surface area (Å²) in [5, 5.41) is 7.40. The lowest BCUT2D eigenvalue weighted by Gasteiger charge is -2.12. The van der Waals surface area contributed by atoms with Crippen LogP contribution in [-0.2, 0) is 19.5 Å². The Bertz CT molecular complexity index is 652. The van der Waals surface area contributed by atoms with E-state index >= 15 is 0 Å². The van der Waals surface area contributed by atoms with Crippen molar-refractivity contribution in [1.29, 1.82) is 0 Å². The maximum absolute atomic E-state index is 12.0. The number of aromatic nitrogens is 2. The van der Waals surface area contributed by atoms with Gasteiger partial charge in [0.05, 0.1) is 11.9 Å². The van der Waals surface area contributed by atoms with Crippen molar-refractivity contribution in [3.05, 3.63) is 56.4 Å². The third-order valence-electron chi connectivity index (χ3n) is 3.25. The van der Waals surface area contributed by atoms with Crippen molar-refractivity contribution in [3.8, 4) is 0 Å². The Hall–Kier alpha value is -1.62. The number of hydrogen-bond acceptors (Lipinski definition) is 3. The van der Waals surface area contributed by atoms with E-state index in [9.17, 15) is 4.79 Å². The summed E-state index contributed by atoms with van der Waals surface area (Å²) in [6.45, 7) is 5.28. The van der Waals surface area contributed by atoms with E-state index in [0.717, 1.165) is 12.1 Å². The van der Waals surface area contributed by atoms with Crippen LogP contribution in [0.25, 0.3) is 0 Å². The Morgan fingerprint density at radius 1 is 1.25 bits per heavy atom. The van der Waals surface area contributed by atoms with E-state index in [1.807, 2.05) is 19.1 Å². The zero-order valence-corrected chi connectivity index (χ0v) is 13.3. The maximum atomic E-state index is 12.0. The van der Waals surface area contributed by atoms with Crippen LogP contribution in [0.2, 0.25) is 0 Å². The highest BCUT2D eigenvalue weighted by atomic mass is 79.9. The maximum Gasteiger partial charge on any atom is 0.283 e. The van der Waals surface area contributed by atoms with Gasteiger partial charge in [0.25, 0.3) is 5.56 Å². The average Bonchev–Trinajstić information content (AvgIpc) is 2.49. The SMILES string of the molecule is CCc1ccccc1CNc1cnn(CC)c(=O)c1Br. The molecule has 0 unspecified atom stereocenters. The standard InChI is InChI=1S/C15H18BrN3O/c1-3-11-7-5-6-8-12(11)9-17-13-10-18-19(4-2)15(20)14(13)16/h5-8,10,17H,3-4,9H2,1-2H3. The first-order valence-corrected chi connectivity index (χ1v) is 7.53. The Balaban J connectivity index is 2.19. The Morgan fingerprint density at radius 2 is 1.95 bits per heavy atom. The van der Waals surface area contributed by atoms with Crippen LogP contribution in [0.5, 0.6) is 0 Å². The fourth-order valence-electron chi connectivity index (χ4n) is 2.08. The molecule has 20 heavy (non-hydrogen) atoms.